The fourth-order valence-electron chi connectivity index (χ4n) is 1.65. The molecule has 1 aromatic heterocycles. The van der Waals surface area contributed by atoms with E-state index < -0.39 is 17.9 Å². The summed E-state index contributed by atoms with van der Waals surface area (Å²) in [7, 11) is 0. The zero-order chi connectivity index (χ0) is 17.7. The summed E-state index contributed by atoms with van der Waals surface area (Å²) in [5.41, 5.74) is 5.34. The molecular formula is C15H15ClFN3O4. The standard InChI is InChI=1S/C15H15ClFN3O4/c1-3-22-14(21)8(2)23-13-4-5-19-15(20-13)24-12-7-11(18)10(17)6-9(12)16/h4-8H,3,18H2,1-2H3. The lowest BCUT2D eigenvalue weighted by Gasteiger charge is -2.13. The first-order valence-corrected chi connectivity index (χ1v) is 7.37. The number of nitrogens with two attached hydrogens (primary N) is 1. The molecule has 1 heterocycles. The number of hydrogen-bond donors (Lipinski definition) is 1. The lowest BCUT2D eigenvalue weighted by atomic mass is 10.3. The van der Waals surface area contributed by atoms with Gasteiger partial charge in [0.2, 0.25) is 5.88 Å². The average Bonchev–Trinajstić information content (AvgIpc) is 2.53. The number of esters is 1. The number of ether oxygens (including phenoxy) is 3. The molecule has 2 rings (SSSR count). The smallest absolute Gasteiger partial charge is 0.347 e. The topological polar surface area (TPSA) is 96.6 Å². The molecule has 9 heteroatoms. The summed E-state index contributed by atoms with van der Waals surface area (Å²) in [5.74, 6) is -0.987. The van der Waals surface area contributed by atoms with Crippen LogP contribution in [0.15, 0.2) is 24.4 Å². The Morgan fingerprint density at radius 2 is 2.21 bits per heavy atom. The van der Waals surface area contributed by atoms with Crippen LogP contribution in [0, 0.1) is 5.82 Å². The van der Waals surface area contributed by atoms with E-state index in [0.717, 1.165) is 6.07 Å². The minimum atomic E-state index is -0.849. The van der Waals surface area contributed by atoms with Crippen LogP contribution >= 0.6 is 11.6 Å². The van der Waals surface area contributed by atoms with Crippen LogP contribution in [0.3, 0.4) is 0 Å². The molecule has 0 radical (unpaired) electrons. The third-order valence-electron chi connectivity index (χ3n) is 2.78. The lowest BCUT2D eigenvalue weighted by molar-refractivity contribution is -0.150. The molecule has 7 nitrogen and oxygen atoms in total. The van der Waals surface area contributed by atoms with Crippen LogP contribution in [-0.4, -0.2) is 28.6 Å². The first-order valence-electron chi connectivity index (χ1n) is 6.99. The van der Waals surface area contributed by atoms with Crippen molar-refractivity contribution < 1.29 is 23.4 Å². The van der Waals surface area contributed by atoms with Crippen LogP contribution in [0.25, 0.3) is 0 Å². The second-order valence-electron chi connectivity index (χ2n) is 4.60. The molecule has 24 heavy (non-hydrogen) atoms. The predicted octanol–water partition coefficient (Wildman–Crippen LogP) is 2.97. The molecule has 1 unspecified atom stereocenters. The van der Waals surface area contributed by atoms with E-state index in [1.165, 1.54) is 25.3 Å². The molecule has 0 saturated heterocycles. The Kier molecular flexibility index (Phi) is 5.75. The Morgan fingerprint density at radius 1 is 1.46 bits per heavy atom. The summed E-state index contributed by atoms with van der Waals surface area (Å²) >= 11 is 5.88. The Balaban J connectivity index is 2.13. The Bertz CT molecular complexity index is 745. The van der Waals surface area contributed by atoms with Gasteiger partial charge in [0.1, 0.15) is 5.82 Å². The van der Waals surface area contributed by atoms with Crippen molar-refractivity contribution in [1.82, 2.24) is 9.97 Å². The highest BCUT2D eigenvalue weighted by Crippen LogP contribution is 2.31. The van der Waals surface area contributed by atoms with E-state index >= 15 is 0 Å². The molecule has 128 valence electrons. The summed E-state index contributed by atoms with van der Waals surface area (Å²) in [4.78, 5) is 19.4. The zero-order valence-electron chi connectivity index (χ0n) is 13.0. The summed E-state index contributed by atoms with van der Waals surface area (Å²) in [6, 6.07) is 3.59. The first kappa shape index (κ1) is 17.7. The maximum absolute atomic E-state index is 13.3. The van der Waals surface area contributed by atoms with E-state index in [4.69, 9.17) is 31.5 Å². The minimum absolute atomic E-state index is 0.0107. The molecule has 0 aliphatic rings. The van der Waals surface area contributed by atoms with Gasteiger partial charge < -0.3 is 19.9 Å². The average molecular weight is 356 g/mol. The molecule has 0 saturated carbocycles. The van der Waals surface area contributed by atoms with Gasteiger partial charge in [-0.15, -0.1) is 0 Å². The fraction of sp³-hybridized carbons (Fsp3) is 0.267. The third kappa shape index (κ3) is 4.45. The highest BCUT2D eigenvalue weighted by molar-refractivity contribution is 6.32. The second-order valence-corrected chi connectivity index (χ2v) is 5.00. The van der Waals surface area contributed by atoms with Crippen molar-refractivity contribution in [2.45, 2.75) is 20.0 Å². The number of benzene rings is 1. The maximum Gasteiger partial charge on any atom is 0.347 e. The molecule has 1 aromatic carbocycles. The molecule has 0 aliphatic carbocycles. The fourth-order valence-corrected chi connectivity index (χ4v) is 1.84. The normalized spacial score (nSPS) is 11.7. The Hall–Kier alpha value is -2.61. The van der Waals surface area contributed by atoms with Crippen molar-refractivity contribution in [1.29, 1.82) is 0 Å². The quantitative estimate of drug-likeness (QED) is 0.628. The van der Waals surface area contributed by atoms with Gasteiger partial charge in [0.25, 0.3) is 0 Å². The van der Waals surface area contributed by atoms with Crippen LogP contribution < -0.4 is 15.2 Å². The SMILES string of the molecule is CCOC(=O)C(C)Oc1ccnc(Oc2cc(N)c(F)cc2Cl)n1. The van der Waals surface area contributed by atoms with Gasteiger partial charge in [-0.3, -0.25) is 0 Å². The van der Waals surface area contributed by atoms with Crippen molar-refractivity contribution in [3.05, 3.63) is 35.2 Å². The van der Waals surface area contributed by atoms with Gasteiger partial charge in [0.15, 0.2) is 11.9 Å². The Labute approximate surface area is 142 Å². The van der Waals surface area contributed by atoms with E-state index in [9.17, 15) is 9.18 Å². The lowest BCUT2D eigenvalue weighted by Crippen LogP contribution is -2.26. The highest BCUT2D eigenvalue weighted by Gasteiger charge is 2.17. The van der Waals surface area contributed by atoms with Gasteiger partial charge >= 0.3 is 12.0 Å². The molecule has 0 spiro atoms. The van der Waals surface area contributed by atoms with Crippen molar-refractivity contribution in [3.63, 3.8) is 0 Å². The van der Waals surface area contributed by atoms with Gasteiger partial charge in [0.05, 0.1) is 17.3 Å². The number of aromatic nitrogens is 2. The highest BCUT2D eigenvalue weighted by atomic mass is 35.5. The Morgan fingerprint density at radius 3 is 2.92 bits per heavy atom. The van der Waals surface area contributed by atoms with E-state index in [1.54, 1.807) is 6.92 Å². The van der Waals surface area contributed by atoms with Crippen molar-refractivity contribution >= 4 is 23.3 Å². The number of carbonyl (C=O) groups is 1. The third-order valence-corrected chi connectivity index (χ3v) is 3.07. The van der Waals surface area contributed by atoms with E-state index in [1.807, 2.05) is 0 Å². The molecular weight excluding hydrogens is 341 g/mol. The van der Waals surface area contributed by atoms with Crippen LogP contribution in [0.1, 0.15) is 13.8 Å². The number of halogens is 2. The van der Waals surface area contributed by atoms with Gasteiger partial charge in [-0.05, 0) is 19.9 Å². The molecule has 2 N–H and O–H groups in total. The number of hydrogen-bond acceptors (Lipinski definition) is 7. The van der Waals surface area contributed by atoms with Gasteiger partial charge in [0, 0.05) is 18.3 Å². The van der Waals surface area contributed by atoms with Crippen LogP contribution in [0.2, 0.25) is 5.02 Å². The van der Waals surface area contributed by atoms with Crippen molar-refractivity contribution in [2.24, 2.45) is 0 Å². The van der Waals surface area contributed by atoms with Crippen LogP contribution in [0.4, 0.5) is 10.1 Å². The number of rotatable bonds is 6. The van der Waals surface area contributed by atoms with Crippen LogP contribution in [-0.2, 0) is 9.53 Å². The predicted molar refractivity (Wildman–Crippen MR) is 84.7 cm³/mol. The molecule has 2 aromatic rings. The number of carbonyl (C=O) groups excluding carboxylic acids is 1. The molecule has 1 atom stereocenters. The van der Waals surface area contributed by atoms with E-state index in [0.29, 0.717) is 0 Å². The first-order chi connectivity index (χ1) is 11.4. The minimum Gasteiger partial charge on any atom is -0.463 e. The van der Waals surface area contributed by atoms with E-state index in [2.05, 4.69) is 9.97 Å². The molecule has 0 amide bonds. The monoisotopic (exact) mass is 355 g/mol. The summed E-state index contributed by atoms with van der Waals surface area (Å²) in [6.45, 7) is 3.46. The van der Waals surface area contributed by atoms with Gasteiger partial charge in [-0.1, -0.05) is 11.6 Å². The molecule has 0 fully saturated rings. The van der Waals surface area contributed by atoms with E-state index in [-0.39, 0.29) is 35.0 Å². The van der Waals surface area contributed by atoms with Gasteiger partial charge in [-0.25, -0.2) is 14.2 Å². The zero-order valence-corrected chi connectivity index (χ0v) is 13.7. The number of nitrogen functional groups attached to an aromatic ring is 1. The second kappa shape index (κ2) is 7.78. The van der Waals surface area contributed by atoms with Crippen molar-refractivity contribution in [3.8, 4) is 17.6 Å². The van der Waals surface area contributed by atoms with Crippen molar-refractivity contribution in [2.75, 3.05) is 12.3 Å². The summed E-state index contributed by atoms with van der Waals surface area (Å²) in [5, 5.41) is 0.0107. The molecule has 0 aliphatic heterocycles. The van der Waals surface area contributed by atoms with Crippen LogP contribution in [0.5, 0.6) is 17.6 Å². The summed E-state index contributed by atoms with van der Waals surface area (Å²) < 4.78 is 28.9. The summed E-state index contributed by atoms with van der Waals surface area (Å²) in [6.07, 6.45) is 0.522. The molecule has 0 bridgehead atoms. The maximum atomic E-state index is 13.3. The van der Waals surface area contributed by atoms with Gasteiger partial charge in [-0.2, -0.15) is 4.98 Å². The largest absolute Gasteiger partial charge is 0.463 e. The number of nitrogens with zero attached hydrogens (tertiary/aromatic N) is 2. The number of anilines is 1.